The number of fused-ring (bicyclic) bond motifs is 1. The van der Waals surface area contributed by atoms with Gasteiger partial charge in [0.1, 0.15) is 5.75 Å². The van der Waals surface area contributed by atoms with Crippen LogP contribution in [-0.4, -0.2) is 37.7 Å². The Morgan fingerprint density at radius 3 is 2.84 bits per heavy atom. The number of piperazine rings is 1. The lowest BCUT2D eigenvalue weighted by atomic mass is 9.79. The molecule has 1 N–H and O–H groups in total. The number of nitrogens with one attached hydrogen (secondary N) is 1. The van der Waals surface area contributed by atoms with Crippen molar-refractivity contribution >= 4 is 0 Å². The standard InChI is InChI=1S/C16H24N2O/c1-16(2)5-10-19-15-4-3-13(11-14(15)16)12-18-8-6-17-7-9-18/h3-4,11,17H,5-10,12H2,1-2H3. The van der Waals surface area contributed by atoms with Crippen molar-refractivity contribution in [1.29, 1.82) is 0 Å². The molecule has 2 aliphatic heterocycles. The molecule has 3 heteroatoms. The summed E-state index contributed by atoms with van der Waals surface area (Å²) in [5, 5.41) is 3.40. The highest BCUT2D eigenvalue weighted by molar-refractivity contribution is 5.43. The van der Waals surface area contributed by atoms with Crippen molar-refractivity contribution in [2.24, 2.45) is 0 Å². The summed E-state index contributed by atoms with van der Waals surface area (Å²) in [5.41, 5.74) is 3.04. The number of rotatable bonds is 2. The molecule has 1 aromatic rings. The minimum absolute atomic E-state index is 0.243. The zero-order valence-electron chi connectivity index (χ0n) is 12.0. The molecule has 0 aromatic heterocycles. The summed E-state index contributed by atoms with van der Waals surface area (Å²) in [4.78, 5) is 2.52. The third-order valence-corrected chi connectivity index (χ3v) is 4.37. The van der Waals surface area contributed by atoms with Gasteiger partial charge in [-0.2, -0.15) is 0 Å². The largest absolute Gasteiger partial charge is 0.493 e. The van der Waals surface area contributed by atoms with Crippen LogP contribution >= 0.6 is 0 Å². The highest BCUT2D eigenvalue weighted by Gasteiger charge is 2.28. The van der Waals surface area contributed by atoms with Gasteiger partial charge in [0.25, 0.3) is 0 Å². The minimum atomic E-state index is 0.243. The molecule has 0 radical (unpaired) electrons. The molecule has 3 rings (SSSR count). The molecule has 0 aliphatic carbocycles. The molecule has 3 nitrogen and oxygen atoms in total. The SMILES string of the molecule is CC1(C)CCOc2ccc(CN3CCNCC3)cc21. The van der Waals surface area contributed by atoms with Crippen LogP contribution in [-0.2, 0) is 12.0 Å². The first kappa shape index (κ1) is 12.9. The first-order valence-electron chi connectivity index (χ1n) is 7.34. The fourth-order valence-electron chi connectivity index (χ4n) is 3.01. The Kier molecular flexibility index (Phi) is 3.50. The predicted molar refractivity (Wildman–Crippen MR) is 77.7 cm³/mol. The van der Waals surface area contributed by atoms with Crippen LogP contribution in [0.4, 0.5) is 0 Å². The van der Waals surface area contributed by atoms with Crippen LogP contribution in [0, 0.1) is 0 Å². The van der Waals surface area contributed by atoms with Crippen LogP contribution in [0.15, 0.2) is 18.2 Å². The molecule has 0 unspecified atom stereocenters. The lowest BCUT2D eigenvalue weighted by Crippen LogP contribution is -2.42. The fourth-order valence-corrected chi connectivity index (χ4v) is 3.01. The second kappa shape index (κ2) is 5.14. The van der Waals surface area contributed by atoms with Gasteiger partial charge in [0.15, 0.2) is 0 Å². The van der Waals surface area contributed by atoms with Crippen LogP contribution in [0.2, 0.25) is 0 Å². The van der Waals surface area contributed by atoms with Gasteiger partial charge in [-0.3, -0.25) is 4.90 Å². The number of hydrogen-bond acceptors (Lipinski definition) is 3. The fraction of sp³-hybridized carbons (Fsp3) is 0.625. The molecule has 2 heterocycles. The monoisotopic (exact) mass is 260 g/mol. The molecular weight excluding hydrogens is 236 g/mol. The van der Waals surface area contributed by atoms with E-state index in [2.05, 4.69) is 42.3 Å². The number of nitrogens with zero attached hydrogens (tertiary/aromatic N) is 1. The molecular formula is C16H24N2O. The maximum atomic E-state index is 5.78. The molecule has 0 amide bonds. The smallest absolute Gasteiger partial charge is 0.123 e. The lowest BCUT2D eigenvalue weighted by molar-refractivity contribution is 0.227. The summed E-state index contributed by atoms with van der Waals surface area (Å²) in [6.45, 7) is 11.1. The highest BCUT2D eigenvalue weighted by Crippen LogP contribution is 2.38. The van der Waals surface area contributed by atoms with Crippen molar-refractivity contribution in [2.75, 3.05) is 32.8 Å². The van der Waals surface area contributed by atoms with Gasteiger partial charge >= 0.3 is 0 Å². The van der Waals surface area contributed by atoms with Gasteiger partial charge < -0.3 is 10.1 Å². The van der Waals surface area contributed by atoms with E-state index in [4.69, 9.17) is 4.74 Å². The molecule has 104 valence electrons. The van der Waals surface area contributed by atoms with E-state index in [1.165, 1.54) is 11.1 Å². The van der Waals surface area contributed by atoms with Crippen LogP contribution in [0.5, 0.6) is 5.75 Å². The quantitative estimate of drug-likeness (QED) is 0.882. The summed E-state index contributed by atoms with van der Waals surface area (Å²) >= 11 is 0. The summed E-state index contributed by atoms with van der Waals surface area (Å²) < 4.78 is 5.78. The number of hydrogen-bond donors (Lipinski definition) is 1. The summed E-state index contributed by atoms with van der Waals surface area (Å²) in [5.74, 6) is 1.08. The minimum Gasteiger partial charge on any atom is -0.493 e. The van der Waals surface area contributed by atoms with Crippen LogP contribution < -0.4 is 10.1 Å². The zero-order valence-corrected chi connectivity index (χ0v) is 12.0. The van der Waals surface area contributed by atoms with E-state index in [0.29, 0.717) is 0 Å². The molecule has 1 saturated heterocycles. The van der Waals surface area contributed by atoms with E-state index >= 15 is 0 Å². The maximum absolute atomic E-state index is 5.78. The van der Waals surface area contributed by atoms with Crippen molar-refractivity contribution in [1.82, 2.24) is 10.2 Å². The Balaban J connectivity index is 1.80. The summed E-state index contributed by atoms with van der Waals surface area (Å²) in [6.07, 6.45) is 1.11. The second-order valence-corrected chi connectivity index (χ2v) is 6.34. The van der Waals surface area contributed by atoms with Gasteiger partial charge in [-0.15, -0.1) is 0 Å². The van der Waals surface area contributed by atoms with Gasteiger partial charge in [0.05, 0.1) is 6.61 Å². The van der Waals surface area contributed by atoms with Crippen molar-refractivity contribution in [2.45, 2.75) is 32.2 Å². The number of ether oxygens (including phenoxy) is 1. The Hall–Kier alpha value is -1.06. The lowest BCUT2D eigenvalue weighted by Gasteiger charge is -2.33. The van der Waals surface area contributed by atoms with Gasteiger partial charge in [0.2, 0.25) is 0 Å². The van der Waals surface area contributed by atoms with Gasteiger partial charge in [-0.05, 0) is 23.5 Å². The number of benzene rings is 1. The molecule has 2 aliphatic rings. The maximum Gasteiger partial charge on any atom is 0.123 e. The average molecular weight is 260 g/mol. The third kappa shape index (κ3) is 2.77. The topological polar surface area (TPSA) is 24.5 Å². The molecule has 0 saturated carbocycles. The molecule has 1 fully saturated rings. The van der Waals surface area contributed by atoms with E-state index in [1.54, 1.807) is 0 Å². The van der Waals surface area contributed by atoms with Gasteiger partial charge in [-0.1, -0.05) is 26.0 Å². The van der Waals surface area contributed by atoms with Crippen LogP contribution in [0.3, 0.4) is 0 Å². The predicted octanol–water partition coefficient (Wildman–Crippen LogP) is 2.15. The van der Waals surface area contributed by atoms with Gasteiger partial charge in [-0.25, -0.2) is 0 Å². The Bertz CT molecular complexity index is 450. The first-order chi connectivity index (χ1) is 9.15. The van der Waals surface area contributed by atoms with Crippen molar-refractivity contribution in [3.63, 3.8) is 0 Å². The Labute approximate surface area is 115 Å². The second-order valence-electron chi connectivity index (χ2n) is 6.34. The zero-order chi connectivity index (χ0) is 13.3. The molecule has 1 aromatic carbocycles. The van der Waals surface area contributed by atoms with Crippen LogP contribution in [0.25, 0.3) is 0 Å². The summed E-state index contributed by atoms with van der Waals surface area (Å²) in [7, 11) is 0. The summed E-state index contributed by atoms with van der Waals surface area (Å²) in [6, 6.07) is 6.74. The van der Waals surface area contributed by atoms with E-state index in [9.17, 15) is 0 Å². The Morgan fingerprint density at radius 2 is 2.05 bits per heavy atom. The van der Waals surface area contributed by atoms with Crippen LogP contribution in [0.1, 0.15) is 31.4 Å². The highest BCUT2D eigenvalue weighted by atomic mass is 16.5. The molecule has 19 heavy (non-hydrogen) atoms. The molecule has 0 spiro atoms. The van der Waals surface area contributed by atoms with Crippen molar-refractivity contribution in [3.8, 4) is 5.75 Å². The average Bonchev–Trinajstić information content (AvgIpc) is 2.40. The molecule has 0 bridgehead atoms. The molecule has 0 atom stereocenters. The van der Waals surface area contributed by atoms with Crippen molar-refractivity contribution < 1.29 is 4.74 Å². The van der Waals surface area contributed by atoms with E-state index in [1.807, 2.05) is 0 Å². The van der Waals surface area contributed by atoms with Gasteiger partial charge in [0, 0.05) is 38.3 Å². The van der Waals surface area contributed by atoms with Crippen molar-refractivity contribution in [3.05, 3.63) is 29.3 Å². The normalized spacial score (nSPS) is 22.6. The Morgan fingerprint density at radius 1 is 1.26 bits per heavy atom. The first-order valence-corrected chi connectivity index (χ1v) is 7.34. The van der Waals surface area contributed by atoms with E-state index < -0.39 is 0 Å². The third-order valence-electron chi connectivity index (χ3n) is 4.37. The van der Waals surface area contributed by atoms with E-state index in [0.717, 1.165) is 51.5 Å². The van der Waals surface area contributed by atoms with E-state index in [-0.39, 0.29) is 5.41 Å².